The summed E-state index contributed by atoms with van der Waals surface area (Å²) in [5, 5.41) is 9.18. The van der Waals surface area contributed by atoms with E-state index in [4.69, 9.17) is 5.11 Å². The fourth-order valence-corrected chi connectivity index (χ4v) is 1.67. The second-order valence-electron chi connectivity index (χ2n) is 3.30. The summed E-state index contributed by atoms with van der Waals surface area (Å²) >= 11 is 0.942. The first-order valence-corrected chi connectivity index (χ1v) is 5.79. The topological polar surface area (TPSA) is 101 Å². The Labute approximate surface area is 101 Å². The molecule has 1 fully saturated rings. The number of thioether (sulfide) groups is 1. The number of amides is 2. The molecular weight excluding hydrogens is 250 g/mol. The molecular formula is C9H11NO6S. The van der Waals surface area contributed by atoms with Gasteiger partial charge in [-0.3, -0.25) is 14.4 Å². The van der Waals surface area contributed by atoms with Gasteiger partial charge in [-0.2, -0.15) is 0 Å². The van der Waals surface area contributed by atoms with Gasteiger partial charge in [0, 0.05) is 12.7 Å². The van der Waals surface area contributed by atoms with Crippen molar-refractivity contribution in [3.8, 4) is 0 Å². The van der Waals surface area contributed by atoms with Crippen LogP contribution in [0.5, 0.6) is 0 Å². The summed E-state index contributed by atoms with van der Waals surface area (Å²) < 4.78 is 0. The highest BCUT2D eigenvalue weighted by Gasteiger charge is 2.40. The Balaban J connectivity index is 2.38. The zero-order valence-corrected chi connectivity index (χ0v) is 9.86. The molecule has 94 valence electrons. The van der Waals surface area contributed by atoms with Crippen molar-refractivity contribution < 1.29 is 29.1 Å². The Bertz CT molecular complexity index is 368. The van der Waals surface area contributed by atoms with E-state index in [1.807, 2.05) is 0 Å². The van der Waals surface area contributed by atoms with Crippen LogP contribution in [-0.4, -0.2) is 44.9 Å². The second kappa shape index (κ2) is 5.78. The van der Waals surface area contributed by atoms with Crippen LogP contribution in [-0.2, 0) is 24.0 Å². The number of rotatable bonds is 4. The van der Waals surface area contributed by atoms with Gasteiger partial charge in [-0.1, -0.05) is 16.8 Å². The van der Waals surface area contributed by atoms with Crippen LogP contribution < -0.4 is 0 Å². The van der Waals surface area contributed by atoms with Crippen LogP contribution in [0.3, 0.4) is 0 Å². The molecule has 1 heterocycles. The van der Waals surface area contributed by atoms with Crippen LogP contribution in [0.2, 0.25) is 0 Å². The molecule has 0 saturated carbocycles. The zero-order chi connectivity index (χ0) is 13.0. The molecule has 2 amide bonds. The van der Waals surface area contributed by atoms with Crippen molar-refractivity contribution in [2.75, 3.05) is 5.75 Å². The van der Waals surface area contributed by atoms with Crippen molar-refractivity contribution >= 4 is 34.7 Å². The molecule has 0 aromatic carbocycles. The molecule has 1 N–H and O–H groups in total. The quantitative estimate of drug-likeness (QED) is 0.663. The van der Waals surface area contributed by atoms with Gasteiger partial charge in [0.2, 0.25) is 0 Å². The second-order valence-corrected chi connectivity index (χ2v) is 4.57. The Morgan fingerprint density at radius 2 is 2.18 bits per heavy atom. The lowest BCUT2D eigenvalue weighted by Gasteiger charge is -2.12. The van der Waals surface area contributed by atoms with Crippen LogP contribution in [0.15, 0.2) is 0 Å². The van der Waals surface area contributed by atoms with E-state index in [1.165, 1.54) is 6.92 Å². The molecule has 1 atom stereocenters. The summed E-state index contributed by atoms with van der Waals surface area (Å²) in [7, 11) is 0. The Hall–Kier alpha value is -1.41. The molecule has 0 radical (unpaired) electrons. The maximum atomic E-state index is 11.2. The number of hydrogen-bond donors (Lipinski definition) is 1. The fourth-order valence-electron chi connectivity index (χ4n) is 1.12. The lowest BCUT2D eigenvalue weighted by atomic mass is 10.3. The third-order valence-corrected chi connectivity index (χ3v) is 2.70. The summed E-state index contributed by atoms with van der Waals surface area (Å²) in [5.41, 5.74) is 0. The average molecular weight is 261 g/mol. The highest BCUT2D eigenvalue weighted by molar-refractivity contribution is 8.13. The molecule has 1 rings (SSSR count). The number of aliphatic hydroxyl groups is 1. The molecule has 0 bridgehead atoms. The Kier molecular flexibility index (Phi) is 4.64. The smallest absolute Gasteiger partial charge is 0.334 e. The third kappa shape index (κ3) is 3.82. The predicted octanol–water partition coefficient (Wildman–Crippen LogP) is -0.766. The van der Waals surface area contributed by atoms with Gasteiger partial charge < -0.3 is 9.94 Å². The van der Waals surface area contributed by atoms with Gasteiger partial charge in [0.15, 0.2) is 5.12 Å². The van der Waals surface area contributed by atoms with Crippen molar-refractivity contribution in [1.29, 1.82) is 0 Å². The van der Waals surface area contributed by atoms with E-state index in [2.05, 4.69) is 4.84 Å². The van der Waals surface area contributed by atoms with E-state index >= 15 is 0 Å². The SMILES string of the molecule is CC(=O)SCCC(=O)ON1C(=O)CC(O)C1=O. The van der Waals surface area contributed by atoms with Crippen molar-refractivity contribution in [2.45, 2.75) is 25.9 Å². The lowest BCUT2D eigenvalue weighted by molar-refractivity contribution is -0.198. The summed E-state index contributed by atoms with van der Waals surface area (Å²) in [6.45, 7) is 1.36. The van der Waals surface area contributed by atoms with Gasteiger partial charge >= 0.3 is 5.97 Å². The standard InChI is InChI=1S/C9H11NO6S/c1-5(11)17-3-2-8(14)16-10-7(13)4-6(12)9(10)15/h6,12H,2-4H2,1H3. The minimum absolute atomic E-state index is 0.0998. The van der Waals surface area contributed by atoms with E-state index in [0.717, 1.165) is 11.8 Å². The highest BCUT2D eigenvalue weighted by atomic mass is 32.2. The molecule has 7 nitrogen and oxygen atoms in total. The van der Waals surface area contributed by atoms with Crippen molar-refractivity contribution in [3.05, 3.63) is 0 Å². The van der Waals surface area contributed by atoms with Crippen LogP contribution >= 0.6 is 11.8 Å². The van der Waals surface area contributed by atoms with Gasteiger partial charge in [0.1, 0.15) is 6.10 Å². The third-order valence-electron chi connectivity index (χ3n) is 1.88. The number of aliphatic hydroxyl groups excluding tert-OH is 1. The normalized spacial score (nSPS) is 19.6. The van der Waals surface area contributed by atoms with Gasteiger partial charge in [-0.15, -0.1) is 0 Å². The summed E-state index contributed by atoms with van der Waals surface area (Å²) in [5.74, 6) is -2.28. The van der Waals surface area contributed by atoms with E-state index in [9.17, 15) is 19.2 Å². The first-order chi connectivity index (χ1) is 7.91. The van der Waals surface area contributed by atoms with E-state index in [1.54, 1.807) is 0 Å². The fraction of sp³-hybridized carbons (Fsp3) is 0.556. The number of nitrogens with zero attached hydrogens (tertiary/aromatic N) is 1. The van der Waals surface area contributed by atoms with E-state index in [0.29, 0.717) is 0 Å². The molecule has 8 heteroatoms. The van der Waals surface area contributed by atoms with Gasteiger partial charge in [0.05, 0.1) is 12.8 Å². The number of carbonyl (C=O) groups excluding carboxylic acids is 4. The minimum Gasteiger partial charge on any atom is -0.383 e. The summed E-state index contributed by atoms with van der Waals surface area (Å²) in [6.07, 6.45) is -1.92. The van der Waals surface area contributed by atoms with Crippen molar-refractivity contribution in [2.24, 2.45) is 0 Å². The first kappa shape index (κ1) is 13.7. The largest absolute Gasteiger partial charge is 0.383 e. The molecule has 0 aromatic heterocycles. The molecule has 0 aromatic rings. The molecule has 1 aliphatic rings. The summed E-state index contributed by atoms with van der Waals surface area (Å²) in [6, 6.07) is 0. The van der Waals surface area contributed by atoms with Crippen LogP contribution in [0.4, 0.5) is 0 Å². The van der Waals surface area contributed by atoms with E-state index in [-0.39, 0.29) is 28.8 Å². The highest BCUT2D eigenvalue weighted by Crippen LogP contribution is 2.14. The average Bonchev–Trinajstić information content (AvgIpc) is 2.44. The molecule has 1 aliphatic heterocycles. The zero-order valence-electron chi connectivity index (χ0n) is 9.04. The molecule has 1 unspecified atom stereocenters. The monoisotopic (exact) mass is 261 g/mol. The Morgan fingerprint density at radius 3 is 2.65 bits per heavy atom. The van der Waals surface area contributed by atoms with Gasteiger partial charge in [0.25, 0.3) is 11.8 Å². The molecule has 1 saturated heterocycles. The number of hydroxylamine groups is 2. The number of carbonyl (C=O) groups is 4. The number of hydrogen-bond acceptors (Lipinski definition) is 7. The van der Waals surface area contributed by atoms with Crippen LogP contribution in [0.25, 0.3) is 0 Å². The predicted molar refractivity (Wildman–Crippen MR) is 56.3 cm³/mol. The van der Waals surface area contributed by atoms with Crippen molar-refractivity contribution in [1.82, 2.24) is 5.06 Å². The van der Waals surface area contributed by atoms with Gasteiger partial charge in [-0.05, 0) is 0 Å². The lowest BCUT2D eigenvalue weighted by Crippen LogP contribution is -2.34. The maximum absolute atomic E-state index is 11.2. The van der Waals surface area contributed by atoms with Crippen molar-refractivity contribution in [3.63, 3.8) is 0 Å². The molecule has 0 spiro atoms. The van der Waals surface area contributed by atoms with E-state index < -0.39 is 23.9 Å². The maximum Gasteiger partial charge on any atom is 0.334 e. The van der Waals surface area contributed by atoms with Crippen LogP contribution in [0.1, 0.15) is 19.8 Å². The molecule has 0 aliphatic carbocycles. The number of imide groups is 1. The summed E-state index contributed by atoms with van der Waals surface area (Å²) in [4.78, 5) is 48.6. The Morgan fingerprint density at radius 1 is 1.53 bits per heavy atom. The van der Waals surface area contributed by atoms with Crippen LogP contribution in [0, 0.1) is 0 Å². The van der Waals surface area contributed by atoms with Gasteiger partial charge in [-0.25, -0.2) is 4.79 Å². The molecule has 17 heavy (non-hydrogen) atoms. The minimum atomic E-state index is -1.44. The first-order valence-electron chi connectivity index (χ1n) is 4.81.